The molecule has 0 bridgehead atoms. The summed E-state index contributed by atoms with van der Waals surface area (Å²) in [5.74, 6) is 1.32. The maximum atomic E-state index is 10.2. The largest absolute Gasteiger partial charge is 0.234 e. The van der Waals surface area contributed by atoms with Gasteiger partial charge in [-0.2, -0.15) is 0 Å². The van der Waals surface area contributed by atoms with E-state index in [0.29, 0.717) is 24.9 Å². The Hall–Kier alpha value is -2.02. The molecule has 44 heavy (non-hydrogen) atoms. The predicted octanol–water partition coefficient (Wildman–Crippen LogP) is 12.5. The number of rotatable bonds is 30. The molecule has 4 nitrogen and oxygen atoms in total. The maximum absolute atomic E-state index is 10.2. The minimum absolute atomic E-state index is 0.640. The molecule has 0 N–H and O–H groups in total. The van der Waals surface area contributed by atoms with Gasteiger partial charge in [-0.25, -0.2) is 19.6 Å². The molecular formula is C40H68N2O2. The summed E-state index contributed by atoms with van der Waals surface area (Å²) in [4.78, 5) is 27.8. The smallest absolute Gasteiger partial charge is 0.211 e. The standard InChI is InChI=1S/C40H68N2O2/c1-3-5-7-15-21-27-37-33-39(29-23-17-11-9-13-19-25-31-41-35-43)40(34-38(37)28-22-16-8-6-4-2)30-24-18-12-10-14-20-26-32-42-36-44/h21-22,27-28,37-38H,3-20,23-26,29-34H2,1-2H3. The molecule has 1 rings (SSSR count). The lowest BCUT2D eigenvalue weighted by atomic mass is 9.73. The SMILES string of the molecule is CCCCCC=CC1CC(CCCCCCCCCN=C=O)=C(CCCCCCCCCN=C=O)CC1C=CCCCCC. The van der Waals surface area contributed by atoms with E-state index in [1.54, 1.807) is 23.3 Å². The van der Waals surface area contributed by atoms with Crippen LogP contribution in [0.5, 0.6) is 0 Å². The van der Waals surface area contributed by atoms with Crippen LogP contribution in [0.15, 0.2) is 45.4 Å². The number of aliphatic imine (C=N–C) groups is 2. The molecule has 250 valence electrons. The minimum Gasteiger partial charge on any atom is -0.211 e. The van der Waals surface area contributed by atoms with Crippen molar-refractivity contribution >= 4 is 12.2 Å². The van der Waals surface area contributed by atoms with Crippen molar-refractivity contribution in [3.05, 3.63) is 35.5 Å². The summed E-state index contributed by atoms with van der Waals surface area (Å²) in [5.41, 5.74) is 3.59. The van der Waals surface area contributed by atoms with Crippen LogP contribution < -0.4 is 0 Å². The van der Waals surface area contributed by atoms with Crippen molar-refractivity contribution < 1.29 is 9.59 Å². The third kappa shape index (κ3) is 22.5. The lowest BCUT2D eigenvalue weighted by molar-refractivity contribution is 0.414. The second-order valence-electron chi connectivity index (χ2n) is 13.2. The van der Waals surface area contributed by atoms with Gasteiger partial charge >= 0.3 is 0 Å². The first kappa shape index (κ1) is 40.0. The molecule has 0 radical (unpaired) electrons. The van der Waals surface area contributed by atoms with Crippen LogP contribution in [0.2, 0.25) is 0 Å². The van der Waals surface area contributed by atoms with E-state index in [4.69, 9.17) is 0 Å². The fourth-order valence-electron chi connectivity index (χ4n) is 6.62. The molecule has 1 aliphatic rings. The predicted molar refractivity (Wildman–Crippen MR) is 190 cm³/mol. The molecule has 0 aromatic carbocycles. The summed E-state index contributed by atoms with van der Waals surface area (Å²) in [6.07, 6.45) is 46.5. The Balaban J connectivity index is 2.74. The third-order valence-corrected chi connectivity index (χ3v) is 9.36. The second-order valence-corrected chi connectivity index (χ2v) is 13.2. The molecule has 0 fully saturated rings. The fraction of sp³-hybridized carbons (Fsp3) is 0.800. The Labute approximate surface area is 272 Å². The van der Waals surface area contributed by atoms with E-state index >= 15 is 0 Å². The lowest BCUT2D eigenvalue weighted by Gasteiger charge is -2.32. The molecule has 0 heterocycles. The molecule has 0 saturated carbocycles. The Morgan fingerprint density at radius 2 is 0.886 bits per heavy atom. The molecule has 2 atom stereocenters. The number of carbonyl (C=O) groups excluding carboxylic acids is 2. The first-order chi connectivity index (χ1) is 21.8. The summed E-state index contributed by atoms with van der Waals surface area (Å²) in [5, 5.41) is 0. The highest BCUT2D eigenvalue weighted by atomic mass is 16.1. The number of nitrogens with zero attached hydrogens (tertiary/aromatic N) is 2. The number of isocyanates is 2. The highest BCUT2D eigenvalue weighted by molar-refractivity contribution is 5.32. The fourth-order valence-corrected chi connectivity index (χ4v) is 6.62. The lowest BCUT2D eigenvalue weighted by Crippen LogP contribution is -2.19. The summed E-state index contributed by atoms with van der Waals surface area (Å²) in [6.45, 7) is 5.87. The zero-order chi connectivity index (χ0) is 31.8. The van der Waals surface area contributed by atoms with Crippen molar-refractivity contribution in [3.8, 4) is 0 Å². The Kier molecular flexibility index (Phi) is 28.2. The van der Waals surface area contributed by atoms with Crippen molar-refractivity contribution in [1.82, 2.24) is 0 Å². The van der Waals surface area contributed by atoms with Crippen LogP contribution in [-0.2, 0) is 9.59 Å². The first-order valence-corrected chi connectivity index (χ1v) is 18.9. The van der Waals surface area contributed by atoms with Crippen LogP contribution in [0.1, 0.15) is 181 Å². The van der Waals surface area contributed by atoms with Crippen molar-refractivity contribution in [2.24, 2.45) is 21.8 Å². The number of unbranched alkanes of at least 4 members (excludes halogenated alkanes) is 18. The molecule has 0 spiro atoms. The van der Waals surface area contributed by atoms with Gasteiger partial charge < -0.3 is 0 Å². The summed E-state index contributed by atoms with van der Waals surface area (Å²) in [7, 11) is 0. The molecule has 1 aliphatic carbocycles. The van der Waals surface area contributed by atoms with Crippen LogP contribution in [0, 0.1) is 11.8 Å². The number of hydrogen-bond acceptors (Lipinski definition) is 4. The van der Waals surface area contributed by atoms with Gasteiger partial charge in [0, 0.05) is 0 Å². The molecule has 2 unspecified atom stereocenters. The van der Waals surface area contributed by atoms with Crippen LogP contribution in [-0.4, -0.2) is 25.2 Å². The van der Waals surface area contributed by atoms with E-state index < -0.39 is 0 Å². The van der Waals surface area contributed by atoms with Crippen LogP contribution in [0.3, 0.4) is 0 Å². The van der Waals surface area contributed by atoms with Gasteiger partial charge in [0.05, 0.1) is 13.1 Å². The van der Waals surface area contributed by atoms with Crippen molar-refractivity contribution in [1.29, 1.82) is 0 Å². The van der Waals surface area contributed by atoms with Gasteiger partial charge in [-0.05, 0) is 88.9 Å². The molecule has 0 aliphatic heterocycles. The molecular weight excluding hydrogens is 540 g/mol. The van der Waals surface area contributed by atoms with Gasteiger partial charge in [-0.1, -0.05) is 139 Å². The van der Waals surface area contributed by atoms with Gasteiger partial charge in [-0.3, -0.25) is 0 Å². The van der Waals surface area contributed by atoms with Crippen molar-refractivity contribution in [2.75, 3.05) is 13.1 Å². The van der Waals surface area contributed by atoms with E-state index in [1.807, 2.05) is 0 Å². The van der Waals surface area contributed by atoms with Crippen LogP contribution in [0.4, 0.5) is 0 Å². The van der Waals surface area contributed by atoms with Gasteiger partial charge in [0.1, 0.15) is 0 Å². The molecule has 0 aromatic heterocycles. The normalized spacial score (nSPS) is 17.0. The highest BCUT2D eigenvalue weighted by Gasteiger charge is 2.26. The summed E-state index contributed by atoms with van der Waals surface area (Å²) in [6, 6.07) is 0. The molecule has 0 aromatic rings. The molecule has 0 saturated heterocycles. The van der Waals surface area contributed by atoms with E-state index in [2.05, 4.69) is 48.1 Å². The van der Waals surface area contributed by atoms with E-state index in [9.17, 15) is 9.59 Å². The number of allylic oxidation sites excluding steroid dienone is 6. The van der Waals surface area contributed by atoms with Gasteiger partial charge in [0.2, 0.25) is 12.2 Å². The zero-order valence-electron chi connectivity index (χ0n) is 29.0. The van der Waals surface area contributed by atoms with Crippen LogP contribution >= 0.6 is 0 Å². The van der Waals surface area contributed by atoms with E-state index in [-0.39, 0.29) is 0 Å². The highest BCUT2D eigenvalue weighted by Crippen LogP contribution is 2.40. The monoisotopic (exact) mass is 609 g/mol. The Morgan fingerprint density at radius 1 is 0.523 bits per heavy atom. The second kappa shape index (κ2) is 31.0. The first-order valence-electron chi connectivity index (χ1n) is 18.9. The van der Waals surface area contributed by atoms with Gasteiger partial charge in [-0.15, -0.1) is 0 Å². The van der Waals surface area contributed by atoms with Crippen molar-refractivity contribution in [2.45, 2.75) is 181 Å². The van der Waals surface area contributed by atoms with Gasteiger partial charge in [0.15, 0.2) is 0 Å². The van der Waals surface area contributed by atoms with E-state index in [0.717, 1.165) is 12.8 Å². The summed E-state index contributed by atoms with van der Waals surface area (Å²) >= 11 is 0. The maximum Gasteiger partial charge on any atom is 0.234 e. The molecule has 4 heteroatoms. The van der Waals surface area contributed by atoms with Crippen LogP contribution in [0.25, 0.3) is 0 Å². The Bertz CT molecular complexity index is 791. The molecule has 0 amide bonds. The third-order valence-electron chi connectivity index (χ3n) is 9.36. The van der Waals surface area contributed by atoms with E-state index in [1.165, 1.54) is 154 Å². The Morgan fingerprint density at radius 3 is 1.25 bits per heavy atom. The average molecular weight is 609 g/mol. The zero-order valence-corrected chi connectivity index (χ0v) is 29.0. The van der Waals surface area contributed by atoms with Crippen molar-refractivity contribution in [3.63, 3.8) is 0 Å². The minimum atomic E-state index is 0.640. The van der Waals surface area contributed by atoms with Gasteiger partial charge in [0.25, 0.3) is 0 Å². The summed E-state index contributed by atoms with van der Waals surface area (Å²) < 4.78 is 0. The average Bonchev–Trinajstić information content (AvgIpc) is 3.03. The number of hydrogen-bond donors (Lipinski definition) is 0. The topological polar surface area (TPSA) is 58.9 Å². The quantitative estimate of drug-likeness (QED) is 0.0352.